The Morgan fingerprint density at radius 3 is 2.64 bits per heavy atom. The lowest BCUT2D eigenvalue weighted by molar-refractivity contribution is 0.445. The van der Waals surface area contributed by atoms with Gasteiger partial charge in [-0.1, -0.05) is 50.1 Å². The Bertz CT molecular complexity index is 896. The van der Waals surface area contributed by atoms with Crippen LogP contribution in [0, 0.1) is 11.8 Å². The molecule has 1 aliphatic carbocycles. The number of nitrogens with one attached hydrogen (secondary N) is 1. The highest BCUT2D eigenvalue weighted by molar-refractivity contribution is 7.89. The minimum Gasteiger partial charge on any atom is -0.339 e. The average molecular weight is 403 g/mol. The van der Waals surface area contributed by atoms with Crippen molar-refractivity contribution in [3.8, 4) is 0 Å². The number of hydrogen-bond acceptors (Lipinski definition) is 4. The first-order valence-corrected chi connectivity index (χ1v) is 11.7. The number of imidazole rings is 1. The fourth-order valence-corrected chi connectivity index (χ4v) is 5.91. The van der Waals surface area contributed by atoms with Gasteiger partial charge in [0.1, 0.15) is 0 Å². The molecule has 1 saturated heterocycles. The Morgan fingerprint density at radius 1 is 1.18 bits per heavy atom. The second-order valence-electron chi connectivity index (χ2n) is 8.28. The first-order chi connectivity index (χ1) is 13.5. The SMILES string of the molecule is CCCC1CC1CNC1CN(S(=O)(=O)c2cn(C)cn2)CC1c1ccccc1. The number of aromatic nitrogens is 2. The molecule has 0 spiro atoms. The Morgan fingerprint density at radius 2 is 1.96 bits per heavy atom. The lowest BCUT2D eigenvalue weighted by atomic mass is 9.94. The summed E-state index contributed by atoms with van der Waals surface area (Å²) in [5.41, 5.74) is 1.19. The monoisotopic (exact) mass is 402 g/mol. The van der Waals surface area contributed by atoms with E-state index in [1.807, 2.05) is 18.2 Å². The number of rotatable bonds is 8. The van der Waals surface area contributed by atoms with Crippen LogP contribution in [-0.2, 0) is 17.1 Å². The van der Waals surface area contributed by atoms with Gasteiger partial charge < -0.3 is 9.88 Å². The molecule has 1 aromatic heterocycles. The third-order valence-corrected chi connectivity index (χ3v) is 7.89. The van der Waals surface area contributed by atoms with Crippen LogP contribution in [0.2, 0.25) is 0 Å². The topological polar surface area (TPSA) is 67.2 Å². The van der Waals surface area contributed by atoms with Crippen LogP contribution in [-0.4, -0.2) is 48.0 Å². The molecule has 0 amide bonds. The summed E-state index contributed by atoms with van der Waals surface area (Å²) < 4.78 is 29.4. The van der Waals surface area contributed by atoms with Gasteiger partial charge in [0.25, 0.3) is 10.0 Å². The molecular formula is C21H30N4O2S. The van der Waals surface area contributed by atoms with Gasteiger partial charge in [0.2, 0.25) is 0 Å². The fraction of sp³-hybridized carbons (Fsp3) is 0.571. The van der Waals surface area contributed by atoms with E-state index in [0.717, 1.165) is 18.4 Å². The smallest absolute Gasteiger partial charge is 0.262 e. The molecule has 0 bridgehead atoms. The van der Waals surface area contributed by atoms with Crippen molar-refractivity contribution < 1.29 is 8.42 Å². The fourth-order valence-electron chi connectivity index (χ4n) is 4.45. The van der Waals surface area contributed by atoms with Crippen LogP contribution in [0.5, 0.6) is 0 Å². The van der Waals surface area contributed by atoms with Crippen molar-refractivity contribution in [1.29, 1.82) is 0 Å². The van der Waals surface area contributed by atoms with Crippen LogP contribution in [0.4, 0.5) is 0 Å². The van der Waals surface area contributed by atoms with Gasteiger partial charge in [-0.25, -0.2) is 13.4 Å². The van der Waals surface area contributed by atoms with E-state index in [2.05, 4.69) is 29.4 Å². The van der Waals surface area contributed by atoms with E-state index in [0.29, 0.717) is 13.1 Å². The second kappa shape index (κ2) is 7.97. The van der Waals surface area contributed by atoms with Gasteiger partial charge in [0.05, 0.1) is 6.33 Å². The Hall–Kier alpha value is -1.70. The van der Waals surface area contributed by atoms with E-state index in [1.54, 1.807) is 22.1 Å². The number of nitrogens with zero attached hydrogens (tertiary/aromatic N) is 3. The third-order valence-electron chi connectivity index (χ3n) is 6.17. The molecule has 2 aliphatic rings. The largest absolute Gasteiger partial charge is 0.339 e. The van der Waals surface area contributed by atoms with E-state index < -0.39 is 10.0 Å². The molecule has 2 fully saturated rings. The molecule has 28 heavy (non-hydrogen) atoms. The minimum atomic E-state index is -3.57. The quantitative estimate of drug-likeness (QED) is 0.737. The predicted octanol–water partition coefficient (Wildman–Crippen LogP) is 2.60. The summed E-state index contributed by atoms with van der Waals surface area (Å²) in [5.74, 6) is 1.75. The van der Waals surface area contributed by atoms with Gasteiger partial charge >= 0.3 is 0 Å². The van der Waals surface area contributed by atoms with Gasteiger partial charge in [0.15, 0.2) is 5.03 Å². The van der Waals surface area contributed by atoms with E-state index in [4.69, 9.17) is 0 Å². The van der Waals surface area contributed by atoms with Crippen molar-refractivity contribution in [3.05, 3.63) is 48.4 Å². The zero-order valence-electron chi connectivity index (χ0n) is 16.7. The first kappa shape index (κ1) is 19.6. The van der Waals surface area contributed by atoms with Gasteiger partial charge in [-0.15, -0.1) is 0 Å². The maximum absolute atomic E-state index is 13.1. The summed E-state index contributed by atoms with van der Waals surface area (Å²) in [6.07, 6.45) is 6.97. The van der Waals surface area contributed by atoms with E-state index in [9.17, 15) is 8.42 Å². The highest BCUT2D eigenvalue weighted by Gasteiger charge is 2.42. The van der Waals surface area contributed by atoms with E-state index in [1.165, 1.54) is 31.2 Å². The highest BCUT2D eigenvalue weighted by Crippen LogP contribution is 2.42. The first-order valence-electron chi connectivity index (χ1n) is 10.3. The van der Waals surface area contributed by atoms with Crippen LogP contribution >= 0.6 is 0 Å². The lowest BCUT2D eigenvalue weighted by Gasteiger charge is -2.20. The Kier molecular flexibility index (Phi) is 5.58. The van der Waals surface area contributed by atoms with Gasteiger partial charge in [0, 0.05) is 38.3 Å². The summed E-state index contributed by atoms with van der Waals surface area (Å²) in [5, 5.41) is 3.84. The van der Waals surface area contributed by atoms with Crippen molar-refractivity contribution in [1.82, 2.24) is 19.2 Å². The van der Waals surface area contributed by atoms with Crippen molar-refractivity contribution in [2.45, 2.75) is 43.2 Å². The maximum atomic E-state index is 13.1. The Labute approximate surface area is 168 Å². The molecule has 1 aromatic carbocycles. The number of hydrogen-bond donors (Lipinski definition) is 1. The van der Waals surface area contributed by atoms with Crippen molar-refractivity contribution in [2.24, 2.45) is 18.9 Å². The van der Waals surface area contributed by atoms with Crippen LogP contribution in [0.3, 0.4) is 0 Å². The van der Waals surface area contributed by atoms with Crippen molar-refractivity contribution >= 4 is 10.0 Å². The third kappa shape index (κ3) is 4.02. The van der Waals surface area contributed by atoms with E-state index in [-0.39, 0.29) is 17.0 Å². The van der Waals surface area contributed by atoms with Gasteiger partial charge in [-0.05, 0) is 30.4 Å². The maximum Gasteiger partial charge on any atom is 0.262 e. The van der Waals surface area contributed by atoms with Crippen LogP contribution < -0.4 is 5.32 Å². The molecule has 152 valence electrons. The minimum absolute atomic E-state index is 0.128. The average Bonchev–Trinajstić information content (AvgIpc) is 3.06. The second-order valence-corrected chi connectivity index (χ2v) is 10.2. The van der Waals surface area contributed by atoms with Gasteiger partial charge in [-0.3, -0.25) is 0 Å². The summed E-state index contributed by atoms with van der Waals surface area (Å²) in [6.45, 7) is 4.20. The van der Waals surface area contributed by atoms with Crippen LogP contribution in [0.25, 0.3) is 0 Å². The molecule has 2 heterocycles. The molecule has 2 aromatic rings. The number of aryl methyl sites for hydroxylation is 1. The molecule has 6 nitrogen and oxygen atoms in total. The molecule has 7 heteroatoms. The molecular weight excluding hydrogens is 372 g/mol. The van der Waals surface area contributed by atoms with E-state index >= 15 is 0 Å². The van der Waals surface area contributed by atoms with Crippen LogP contribution in [0.1, 0.15) is 37.7 Å². The number of benzene rings is 1. The molecule has 1 saturated carbocycles. The predicted molar refractivity (Wildman–Crippen MR) is 109 cm³/mol. The number of sulfonamides is 1. The zero-order valence-corrected chi connectivity index (χ0v) is 17.5. The summed E-state index contributed by atoms with van der Waals surface area (Å²) in [7, 11) is -1.79. The van der Waals surface area contributed by atoms with Crippen molar-refractivity contribution in [2.75, 3.05) is 19.6 Å². The lowest BCUT2D eigenvalue weighted by Crippen LogP contribution is -2.38. The van der Waals surface area contributed by atoms with Crippen molar-refractivity contribution in [3.63, 3.8) is 0 Å². The zero-order chi connectivity index (χ0) is 19.7. The molecule has 4 rings (SSSR count). The Balaban J connectivity index is 1.50. The molecule has 1 N–H and O–H groups in total. The molecule has 4 unspecified atom stereocenters. The van der Waals surface area contributed by atoms with Crippen LogP contribution in [0.15, 0.2) is 47.9 Å². The molecule has 1 aliphatic heterocycles. The highest BCUT2D eigenvalue weighted by atomic mass is 32.2. The summed E-state index contributed by atoms with van der Waals surface area (Å²) >= 11 is 0. The summed E-state index contributed by atoms with van der Waals surface area (Å²) in [4.78, 5) is 4.08. The van der Waals surface area contributed by atoms with Gasteiger partial charge in [-0.2, -0.15) is 4.31 Å². The standard InChI is InChI=1S/C21H30N4O2S/c1-3-7-17-10-18(17)11-22-20-13-25(12-19(20)16-8-5-4-6-9-16)28(26,27)21-14-24(2)15-23-21/h4-6,8-9,14-15,17-20,22H,3,7,10-13H2,1-2H3. The molecule has 0 radical (unpaired) electrons. The molecule has 4 atom stereocenters. The summed E-state index contributed by atoms with van der Waals surface area (Å²) in [6, 6.07) is 10.4. The normalized spacial score (nSPS) is 27.9.